The number of methoxy groups -OCH3 is 1. The molecule has 1 aromatic rings. The number of para-hydroxylation sites is 1. The largest absolute Gasteiger partial charge is 0.493 e. The third-order valence-corrected chi connectivity index (χ3v) is 3.07. The van der Waals surface area contributed by atoms with Crippen molar-refractivity contribution in [2.45, 2.75) is 33.4 Å². The van der Waals surface area contributed by atoms with Gasteiger partial charge in [0.1, 0.15) is 0 Å². The van der Waals surface area contributed by atoms with Gasteiger partial charge in [-0.25, -0.2) is 0 Å². The van der Waals surface area contributed by atoms with E-state index in [0.29, 0.717) is 36.9 Å². The van der Waals surface area contributed by atoms with E-state index in [-0.39, 0.29) is 18.2 Å². The van der Waals surface area contributed by atoms with Crippen molar-refractivity contribution in [1.82, 2.24) is 5.32 Å². The lowest BCUT2D eigenvalue weighted by Gasteiger charge is -2.15. The first-order valence-corrected chi connectivity index (χ1v) is 7.43. The SMILES string of the molecule is COc1cccc(CNCCOCCC(C)C)c1OC(F)F.Cl. The number of hydrogen-bond acceptors (Lipinski definition) is 4. The fourth-order valence-electron chi connectivity index (χ4n) is 1.87. The Morgan fingerprint density at radius 1 is 1.17 bits per heavy atom. The van der Waals surface area contributed by atoms with Crippen molar-refractivity contribution in [2.75, 3.05) is 26.9 Å². The summed E-state index contributed by atoms with van der Waals surface area (Å²) in [7, 11) is 1.42. The third kappa shape index (κ3) is 8.93. The lowest BCUT2D eigenvalue weighted by atomic mass is 10.1. The van der Waals surface area contributed by atoms with Gasteiger partial charge in [0.15, 0.2) is 11.5 Å². The second-order valence-corrected chi connectivity index (χ2v) is 5.30. The summed E-state index contributed by atoms with van der Waals surface area (Å²) >= 11 is 0. The summed E-state index contributed by atoms with van der Waals surface area (Å²) in [5.74, 6) is 1.000. The Kier molecular flexibility index (Phi) is 11.7. The summed E-state index contributed by atoms with van der Waals surface area (Å²) in [4.78, 5) is 0. The summed E-state index contributed by atoms with van der Waals surface area (Å²) in [6.07, 6.45) is 1.03. The van der Waals surface area contributed by atoms with Gasteiger partial charge >= 0.3 is 6.61 Å². The minimum absolute atomic E-state index is 0. The average molecular weight is 354 g/mol. The first kappa shape index (κ1) is 21.9. The minimum Gasteiger partial charge on any atom is -0.493 e. The van der Waals surface area contributed by atoms with Crippen LogP contribution in [0.3, 0.4) is 0 Å². The van der Waals surface area contributed by atoms with Gasteiger partial charge in [-0.05, 0) is 18.4 Å². The van der Waals surface area contributed by atoms with Gasteiger partial charge in [0.25, 0.3) is 0 Å². The van der Waals surface area contributed by atoms with Crippen LogP contribution in [0.25, 0.3) is 0 Å². The molecule has 0 saturated carbocycles. The van der Waals surface area contributed by atoms with Crippen molar-refractivity contribution in [1.29, 1.82) is 0 Å². The van der Waals surface area contributed by atoms with Crippen LogP contribution in [-0.4, -0.2) is 33.5 Å². The van der Waals surface area contributed by atoms with E-state index in [1.54, 1.807) is 18.2 Å². The van der Waals surface area contributed by atoms with Crippen LogP contribution in [0.2, 0.25) is 0 Å². The maximum Gasteiger partial charge on any atom is 0.387 e. The van der Waals surface area contributed by atoms with Gasteiger partial charge in [-0.1, -0.05) is 26.0 Å². The number of alkyl halides is 2. The second kappa shape index (κ2) is 12.3. The van der Waals surface area contributed by atoms with E-state index < -0.39 is 6.61 Å². The molecule has 134 valence electrons. The first-order chi connectivity index (χ1) is 10.5. The predicted octanol–water partition coefficient (Wildman–Crippen LogP) is 3.87. The highest BCUT2D eigenvalue weighted by Crippen LogP contribution is 2.32. The fourth-order valence-corrected chi connectivity index (χ4v) is 1.87. The molecule has 0 unspecified atom stereocenters. The molecule has 4 nitrogen and oxygen atoms in total. The lowest BCUT2D eigenvalue weighted by molar-refractivity contribution is -0.0518. The van der Waals surface area contributed by atoms with Crippen LogP contribution in [0.5, 0.6) is 11.5 Å². The van der Waals surface area contributed by atoms with E-state index in [1.165, 1.54) is 7.11 Å². The van der Waals surface area contributed by atoms with E-state index in [4.69, 9.17) is 9.47 Å². The van der Waals surface area contributed by atoms with Crippen LogP contribution in [-0.2, 0) is 11.3 Å². The van der Waals surface area contributed by atoms with Crippen LogP contribution >= 0.6 is 12.4 Å². The summed E-state index contributed by atoms with van der Waals surface area (Å²) in [5, 5.41) is 3.15. The smallest absolute Gasteiger partial charge is 0.387 e. The Bertz CT molecular complexity index is 434. The van der Waals surface area contributed by atoms with Crippen molar-refractivity contribution in [3.8, 4) is 11.5 Å². The lowest BCUT2D eigenvalue weighted by Crippen LogP contribution is -2.20. The van der Waals surface area contributed by atoms with Crippen molar-refractivity contribution in [3.05, 3.63) is 23.8 Å². The van der Waals surface area contributed by atoms with Crippen molar-refractivity contribution in [3.63, 3.8) is 0 Å². The van der Waals surface area contributed by atoms with E-state index in [0.717, 1.165) is 13.0 Å². The van der Waals surface area contributed by atoms with Gasteiger partial charge in [-0.15, -0.1) is 12.4 Å². The highest BCUT2D eigenvalue weighted by atomic mass is 35.5. The summed E-state index contributed by atoms with van der Waals surface area (Å²) < 4.78 is 40.1. The molecule has 0 radical (unpaired) electrons. The Balaban J connectivity index is 0.00000484. The number of ether oxygens (including phenoxy) is 3. The van der Waals surface area contributed by atoms with Gasteiger partial charge in [-0.2, -0.15) is 8.78 Å². The quantitative estimate of drug-likeness (QED) is 0.613. The van der Waals surface area contributed by atoms with E-state index in [2.05, 4.69) is 23.9 Å². The second-order valence-electron chi connectivity index (χ2n) is 5.30. The van der Waals surface area contributed by atoms with Crippen LogP contribution in [0.15, 0.2) is 18.2 Å². The average Bonchev–Trinajstić information content (AvgIpc) is 2.46. The molecule has 0 aliphatic carbocycles. The molecule has 0 saturated heterocycles. The molecular weight excluding hydrogens is 328 g/mol. The molecule has 0 heterocycles. The monoisotopic (exact) mass is 353 g/mol. The number of benzene rings is 1. The van der Waals surface area contributed by atoms with Crippen LogP contribution in [0.4, 0.5) is 8.78 Å². The fraction of sp³-hybridized carbons (Fsp3) is 0.625. The standard InChI is InChI=1S/C16H25F2NO3.ClH/c1-12(2)7-9-21-10-8-19-11-13-5-4-6-14(20-3)15(13)22-16(17)18;/h4-6,12,16,19H,7-11H2,1-3H3;1H. The maximum absolute atomic E-state index is 12.5. The topological polar surface area (TPSA) is 39.7 Å². The van der Waals surface area contributed by atoms with Gasteiger partial charge < -0.3 is 19.5 Å². The highest BCUT2D eigenvalue weighted by Gasteiger charge is 2.14. The van der Waals surface area contributed by atoms with E-state index in [9.17, 15) is 8.78 Å². The van der Waals surface area contributed by atoms with Gasteiger partial charge in [0, 0.05) is 25.3 Å². The zero-order valence-corrected chi connectivity index (χ0v) is 14.6. The summed E-state index contributed by atoms with van der Waals surface area (Å²) in [6, 6.07) is 5.07. The molecule has 1 aromatic carbocycles. The van der Waals surface area contributed by atoms with Crippen LogP contribution < -0.4 is 14.8 Å². The molecule has 23 heavy (non-hydrogen) atoms. The molecule has 0 aromatic heterocycles. The molecule has 1 rings (SSSR count). The van der Waals surface area contributed by atoms with Crippen molar-refractivity contribution in [2.24, 2.45) is 5.92 Å². The molecule has 0 amide bonds. The normalized spacial score (nSPS) is 10.7. The predicted molar refractivity (Wildman–Crippen MR) is 88.9 cm³/mol. The van der Waals surface area contributed by atoms with Gasteiger partial charge in [-0.3, -0.25) is 0 Å². The Morgan fingerprint density at radius 3 is 2.52 bits per heavy atom. The number of halogens is 3. The van der Waals surface area contributed by atoms with Crippen molar-refractivity contribution >= 4 is 12.4 Å². The van der Waals surface area contributed by atoms with Gasteiger partial charge in [0.05, 0.1) is 13.7 Å². The Labute approximate surface area is 142 Å². The van der Waals surface area contributed by atoms with Crippen LogP contribution in [0.1, 0.15) is 25.8 Å². The molecule has 0 aliphatic rings. The summed E-state index contributed by atoms with van der Waals surface area (Å²) in [6.45, 7) is 3.79. The maximum atomic E-state index is 12.5. The Hall–Kier alpha value is -1.11. The molecular formula is C16H26ClF2NO3. The minimum atomic E-state index is -2.88. The molecule has 0 aliphatic heterocycles. The van der Waals surface area contributed by atoms with E-state index >= 15 is 0 Å². The number of hydrogen-bond donors (Lipinski definition) is 1. The zero-order valence-electron chi connectivity index (χ0n) is 13.8. The van der Waals surface area contributed by atoms with Gasteiger partial charge in [0.2, 0.25) is 0 Å². The third-order valence-electron chi connectivity index (χ3n) is 3.07. The molecule has 7 heteroatoms. The summed E-state index contributed by atoms with van der Waals surface area (Å²) in [5.41, 5.74) is 0.627. The number of nitrogens with one attached hydrogen (secondary N) is 1. The molecule has 0 atom stereocenters. The first-order valence-electron chi connectivity index (χ1n) is 7.43. The molecule has 1 N–H and O–H groups in total. The molecule has 0 bridgehead atoms. The number of rotatable bonds is 11. The molecule has 0 spiro atoms. The van der Waals surface area contributed by atoms with Crippen LogP contribution in [0, 0.1) is 5.92 Å². The van der Waals surface area contributed by atoms with Crippen molar-refractivity contribution < 1.29 is 23.0 Å². The Morgan fingerprint density at radius 2 is 1.91 bits per heavy atom. The molecule has 0 fully saturated rings. The highest BCUT2D eigenvalue weighted by molar-refractivity contribution is 5.85. The zero-order chi connectivity index (χ0) is 16.4. The van der Waals surface area contributed by atoms with E-state index in [1.807, 2.05) is 0 Å².